The number of hydrogen-bond acceptors (Lipinski definition) is 8. The smallest absolute Gasteiger partial charge is 0.323 e. The van der Waals surface area contributed by atoms with Crippen LogP contribution >= 0.6 is 11.3 Å². The summed E-state index contributed by atoms with van der Waals surface area (Å²) in [6.45, 7) is 5.12. The maximum absolute atomic E-state index is 5.30. The largest absolute Gasteiger partial charge is 0.464 e. The van der Waals surface area contributed by atoms with Crippen LogP contribution in [0.5, 0.6) is 6.01 Å². The molecule has 2 aromatic heterocycles. The van der Waals surface area contributed by atoms with Crippen molar-refractivity contribution in [3.63, 3.8) is 0 Å². The van der Waals surface area contributed by atoms with Gasteiger partial charge in [-0.1, -0.05) is 0 Å². The highest BCUT2D eigenvalue weighted by molar-refractivity contribution is 7.09. The summed E-state index contributed by atoms with van der Waals surface area (Å²) in [5.41, 5.74) is 1.08. The molecule has 2 N–H and O–H groups in total. The topological polar surface area (TPSA) is 84.9 Å². The summed E-state index contributed by atoms with van der Waals surface area (Å²) in [6, 6.07) is 0.318. The van der Waals surface area contributed by atoms with Gasteiger partial charge in [-0.3, -0.25) is 0 Å². The molecule has 2 heterocycles. The van der Waals surface area contributed by atoms with E-state index in [0.29, 0.717) is 31.1 Å². The number of aryl methyl sites for hydroxylation is 1. The highest BCUT2D eigenvalue weighted by Crippen LogP contribution is 2.12. The summed E-state index contributed by atoms with van der Waals surface area (Å²) in [5.74, 6) is 0.982. The molecule has 0 aliphatic heterocycles. The molecule has 0 spiro atoms. The lowest BCUT2D eigenvalue weighted by molar-refractivity contribution is 0.312. The fourth-order valence-corrected chi connectivity index (χ4v) is 2.21. The van der Waals surface area contributed by atoms with Crippen molar-refractivity contribution in [2.75, 3.05) is 30.8 Å². The summed E-state index contributed by atoms with van der Waals surface area (Å²) in [6.07, 6.45) is 0.828. The van der Waals surface area contributed by atoms with Crippen molar-refractivity contribution in [3.8, 4) is 6.01 Å². The monoisotopic (exact) mass is 294 g/mol. The van der Waals surface area contributed by atoms with E-state index in [1.54, 1.807) is 18.4 Å². The summed E-state index contributed by atoms with van der Waals surface area (Å²) >= 11 is 1.66. The molecule has 0 saturated carbocycles. The third-order valence-electron chi connectivity index (χ3n) is 2.44. The first-order valence-corrected chi connectivity index (χ1v) is 7.30. The minimum absolute atomic E-state index is 0.318. The number of hydrogen-bond donors (Lipinski definition) is 2. The number of nitrogens with zero attached hydrogens (tertiary/aromatic N) is 4. The average molecular weight is 294 g/mol. The Morgan fingerprint density at radius 1 is 1.20 bits per heavy atom. The number of rotatable bonds is 7. The van der Waals surface area contributed by atoms with Gasteiger partial charge in [0.05, 0.1) is 17.3 Å². The van der Waals surface area contributed by atoms with Crippen LogP contribution in [0.3, 0.4) is 0 Å². The molecule has 8 heteroatoms. The Morgan fingerprint density at radius 2 is 2.00 bits per heavy atom. The molecule has 0 fully saturated rings. The highest BCUT2D eigenvalue weighted by Gasteiger charge is 2.06. The molecule has 108 valence electrons. The van der Waals surface area contributed by atoms with Crippen LogP contribution in [0.1, 0.15) is 17.6 Å². The Kier molecular flexibility index (Phi) is 5.05. The van der Waals surface area contributed by atoms with Crippen molar-refractivity contribution in [2.45, 2.75) is 20.3 Å². The Hall–Kier alpha value is -1.96. The molecule has 2 aromatic rings. The van der Waals surface area contributed by atoms with E-state index in [9.17, 15) is 0 Å². The molecule has 0 saturated heterocycles. The van der Waals surface area contributed by atoms with E-state index in [2.05, 4.69) is 35.9 Å². The molecule has 2 rings (SSSR count). The fraction of sp³-hybridized carbons (Fsp3) is 0.500. The summed E-state index contributed by atoms with van der Waals surface area (Å²) in [4.78, 5) is 16.9. The van der Waals surface area contributed by atoms with Crippen LogP contribution in [0, 0.1) is 6.92 Å². The summed E-state index contributed by atoms with van der Waals surface area (Å²) < 4.78 is 5.30. The Balaban J connectivity index is 1.95. The normalized spacial score (nSPS) is 10.3. The maximum atomic E-state index is 5.30. The van der Waals surface area contributed by atoms with Crippen molar-refractivity contribution < 1.29 is 4.74 Å². The second-order valence-electron chi connectivity index (χ2n) is 3.98. The third kappa shape index (κ3) is 4.02. The zero-order chi connectivity index (χ0) is 14.4. The quantitative estimate of drug-likeness (QED) is 0.804. The predicted octanol–water partition coefficient (Wildman–Crippen LogP) is 1.73. The minimum atomic E-state index is 0.318. The zero-order valence-electron chi connectivity index (χ0n) is 11.8. The van der Waals surface area contributed by atoms with Crippen LogP contribution in [0.15, 0.2) is 5.38 Å². The van der Waals surface area contributed by atoms with Crippen molar-refractivity contribution in [3.05, 3.63) is 16.1 Å². The molecule has 0 bridgehead atoms. The highest BCUT2D eigenvalue weighted by atomic mass is 32.1. The van der Waals surface area contributed by atoms with Crippen LogP contribution in [-0.4, -0.2) is 40.1 Å². The molecule has 0 unspecified atom stereocenters. The minimum Gasteiger partial charge on any atom is -0.464 e. The summed E-state index contributed by atoms with van der Waals surface area (Å²) in [7, 11) is 1.76. The second kappa shape index (κ2) is 6.99. The van der Waals surface area contributed by atoms with E-state index < -0.39 is 0 Å². The molecule has 0 radical (unpaired) electrons. The van der Waals surface area contributed by atoms with Gasteiger partial charge in [-0.15, -0.1) is 11.3 Å². The van der Waals surface area contributed by atoms with Crippen LogP contribution < -0.4 is 15.4 Å². The molecule has 0 atom stereocenters. The standard InChI is InChI=1S/C12H18N6OS/c1-4-19-12-17-10(13-3)16-11(18-12)14-6-5-9-7-20-8(2)15-9/h7H,4-6H2,1-3H3,(H2,13,14,16,17,18). The Labute approximate surface area is 121 Å². The van der Waals surface area contributed by atoms with Gasteiger partial charge in [-0.25, -0.2) is 4.98 Å². The van der Waals surface area contributed by atoms with Crippen molar-refractivity contribution in [1.82, 2.24) is 19.9 Å². The van der Waals surface area contributed by atoms with Gasteiger partial charge in [0.15, 0.2) is 0 Å². The number of nitrogens with one attached hydrogen (secondary N) is 2. The first kappa shape index (κ1) is 14.4. The lowest BCUT2D eigenvalue weighted by Gasteiger charge is -2.08. The number of aromatic nitrogens is 4. The molecule has 0 aliphatic rings. The van der Waals surface area contributed by atoms with E-state index in [1.807, 2.05) is 13.8 Å². The van der Waals surface area contributed by atoms with Crippen molar-refractivity contribution >= 4 is 23.2 Å². The van der Waals surface area contributed by atoms with Crippen LogP contribution in [0.2, 0.25) is 0 Å². The third-order valence-corrected chi connectivity index (χ3v) is 3.27. The van der Waals surface area contributed by atoms with Crippen LogP contribution in [-0.2, 0) is 6.42 Å². The van der Waals surface area contributed by atoms with E-state index in [4.69, 9.17) is 4.74 Å². The SMILES string of the molecule is CCOc1nc(NC)nc(NCCc2csc(C)n2)n1. The average Bonchev–Trinajstić information content (AvgIpc) is 2.84. The van der Waals surface area contributed by atoms with E-state index in [1.165, 1.54) is 0 Å². The maximum Gasteiger partial charge on any atom is 0.323 e. The number of thiazole rings is 1. The number of anilines is 2. The van der Waals surface area contributed by atoms with Gasteiger partial charge in [0.2, 0.25) is 11.9 Å². The Bertz CT molecular complexity index is 559. The van der Waals surface area contributed by atoms with E-state index in [-0.39, 0.29) is 0 Å². The molecule has 0 aromatic carbocycles. The van der Waals surface area contributed by atoms with Gasteiger partial charge < -0.3 is 15.4 Å². The van der Waals surface area contributed by atoms with Crippen LogP contribution in [0.4, 0.5) is 11.9 Å². The second-order valence-corrected chi connectivity index (χ2v) is 5.05. The number of ether oxygens (including phenoxy) is 1. The fourth-order valence-electron chi connectivity index (χ4n) is 1.57. The molecule has 0 amide bonds. The van der Waals surface area contributed by atoms with E-state index >= 15 is 0 Å². The molecule has 0 aliphatic carbocycles. The molecule has 20 heavy (non-hydrogen) atoms. The zero-order valence-corrected chi connectivity index (χ0v) is 12.6. The molecule has 7 nitrogen and oxygen atoms in total. The van der Waals surface area contributed by atoms with Gasteiger partial charge in [0, 0.05) is 25.4 Å². The molecular weight excluding hydrogens is 276 g/mol. The summed E-state index contributed by atoms with van der Waals surface area (Å²) in [5, 5.41) is 9.19. The van der Waals surface area contributed by atoms with Crippen LogP contribution in [0.25, 0.3) is 0 Å². The van der Waals surface area contributed by atoms with Crippen molar-refractivity contribution in [2.24, 2.45) is 0 Å². The molecular formula is C12H18N6OS. The van der Waals surface area contributed by atoms with Gasteiger partial charge in [-0.05, 0) is 13.8 Å². The van der Waals surface area contributed by atoms with Gasteiger partial charge >= 0.3 is 6.01 Å². The first-order chi connectivity index (χ1) is 9.71. The Morgan fingerprint density at radius 3 is 2.65 bits per heavy atom. The lowest BCUT2D eigenvalue weighted by atomic mass is 10.3. The van der Waals surface area contributed by atoms with Gasteiger partial charge in [0.1, 0.15) is 0 Å². The lowest BCUT2D eigenvalue weighted by Crippen LogP contribution is -2.11. The van der Waals surface area contributed by atoms with E-state index in [0.717, 1.165) is 17.1 Å². The van der Waals surface area contributed by atoms with Gasteiger partial charge in [-0.2, -0.15) is 15.0 Å². The predicted molar refractivity (Wildman–Crippen MR) is 79.6 cm³/mol. The van der Waals surface area contributed by atoms with Gasteiger partial charge in [0.25, 0.3) is 0 Å². The van der Waals surface area contributed by atoms with Crippen molar-refractivity contribution in [1.29, 1.82) is 0 Å². The first-order valence-electron chi connectivity index (χ1n) is 6.42.